The van der Waals surface area contributed by atoms with Gasteiger partial charge in [0.2, 0.25) is 0 Å². The van der Waals surface area contributed by atoms with Crippen LogP contribution in [0.1, 0.15) is 44.7 Å². The zero-order valence-electron chi connectivity index (χ0n) is 11.5. The van der Waals surface area contributed by atoms with Crippen LogP contribution in [0.3, 0.4) is 0 Å². The van der Waals surface area contributed by atoms with E-state index in [9.17, 15) is 0 Å². The normalized spacial score (nSPS) is 19.2. The Hall–Kier alpha value is -1.19. The molecule has 3 rings (SSSR count). The summed E-state index contributed by atoms with van der Waals surface area (Å²) in [5.41, 5.74) is 8.16. The van der Waals surface area contributed by atoms with Crippen molar-refractivity contribution in [3.05, 3.63) is 5.69 Å². The molecule has 2 fully saturated rings. The molecule has 0 spiro atoms. The number of hydrogen-bond acceptors (Lipinski definition) is 3. The van der Waals surface area contributed by atoms with E-state index in [1.165, 1.54) is 38.0 Å². The SMILES string of the molecule is CCCn1nc(C)c(N)c1N(CC1CC1)C1CC1. The van der Waals surface area contributed by atoms with Crippen molar-refractivity contribution in [2.24, 2.45) is 5.92 Å². The molecule has 0 radical (unpaired) electrons. The van der Waals surface area contributed by atoms with Crippen LogP contribution in [0, 0.1) is 12.8 Å². The molecule has 100 valence electrons. The topological polar surface area (TPSA) is 47.1 Å². The van der Waals surface area contributed by atoms with Crippen LogP contribution in [0.15, 0.2) is 0 Å². The number of anilines is 2. The minimum atomic E-state index is 0.722. The second kappa shape index (κ2) is 4.48. The van der Waals surface area contributed by atoms with Gasteiger partial charge >= 0.3 is 0 Å². The maximum Gasteiger partial charge on any atom is 0.150 e. The Kier molecular flexibility index (Phi) is 2.96. The van der Waals surface area contributed by atoms with Gasteiger partial charge in [0, 0.05) is 19.1 Å². The zero-order chi connectivity index (χ0) is 12.7. The van der Waals surface area contributed by atoms with E-state index in [0.717, 1.165) is 36.3 Å². The predicted molar refractivity (Wildman–Crippen MR) is 74.8 cm³/mol. The van der Waals surface area contributed by atoms with Crippen LogP contribution in [-0.2, 0) is 6.54 Å². The largest absolute Gasteiger partial charge is 0.394 e. The van der Waals surface area contributed by atoms with Crippen molar-refractivity contribution in [2.45, 2.75) is 58.5 Å². The molecule has 0 unspecified atom stereocenters. The number of nitrogens with zero attached hydrogens (tertiary/aromatic N) is 3. The van der Waals surface area contributed by atoms with Gasteiger partial charge in [-0.3, -0.25) is 0 Å². The lowest BCUT2D eigenvalue weighted by Gasteiger charge is -2.26. The number of aryl methyl sites for hydroxylation is 2. The van der Waals surface area contributed by atoms with Gasteiger partial charge in [-0.2, -0.15) is 5.10 Å². The first kappa shape index (κ1) is 11.9. The van der Waals surface area contributed by atoms with Crippen molar-refractivity contribution < 1.29 is 0 Å². The molecular formula is C14H24N4. The van der Waals surface area contributed by atoms with Crippen LogP contribution in [0.5, 0.6) is 0 Å². The summed E-state index contributed by atoms with van der Waals surface area (Å²) < 4.78 is 2.13. The fourth-order valence-electron chi connectivity index (χ4n) is 2.63. The summed E-state index contributed by atoms with van der Waals surface area (Å²) in [6.07, 6.45) is 6.54. The predicted octanol–water partition coefficient (Wildman–Crippen LogP) is 2.56. The lowest BCUT2D eigenvalue weighted by molar-refractivity contribution is 0.576. The Morgan fingerprint density at radius 1 is 1.33 bits per heavy atom. The van der Waals surface area contributed by atoms with Crippen molar-refractivity contribution in [2.75, 3.05) is 17.2 Å². The van der Waals surface area contributed by atoms with E-state index in [1.54, 1.807) is 0 Å². The van der Waals surface area contributed by atoms with E-state index >= 15 is 0 Å². The van der Waals surface area contributed by atoms with E-state index in [2.05, 4.69) is 21.6 Å². The number of hydrogen-bond donors (Lipinski definition) is 1. The molecule has 18 heavy (non-hydrogen) atoms. The summed E-state index contributed by atoms with van der Waals surface area (Å²) in [5, 5.41) is 4.61. The number of nitrogen functional groups attached to an aromatic ring is 1. The minimum absolute atomic E-state index is 0.722. The van der Waals surface area contributed by atoms with Gasteiger partial charge in [-0.05, 0) is 44.9 Å². The lowest BCUT2D eigenvalue weighted by atomic mass is 10.3. The summed E-state index contributed by atoms with van der Waals surface area (Å²) in [5.74, 6) is 2.10. The Morgan fingerprint density at radius 2 is 2.06 bits per heavy atom. The molecule has 1 aromatic rings. The average Bonchev–Trinajstić information content (AvgIpc) is 3.22. The van der Waals surface area contributed by atoms with Crippen LogP contribution >= 0.6 is 0 Å². The molecule has 4 nitrogen and oxygen atoms in total. The molecule has 1 heterocycles. The Labute approximate surface area is 109 Å². The monoisotopic (exact) mass is 248 g/mol. The molecule has 0 bridgehead atoms. The van der Waals surface area contributed by atoms with Crippen LogP contribution in [-0.4, -0.2) is 22.4 Å². The van der Waals surface area contributed by atoms with E-state index in [0.29, 0.717) is 0 Å². The molecule has 2 aliphatic carbocycles. The molecule has 2 aliphatic rings. The molecule has 0 aromatic carbocycles. The van der Waals surface area contributed by atoms with Crippen molar-refractivity contribution >= 4 is 11.5 Å². The highest BCUT2D eigenvalue weighted by atomic mass is 15.4. The van der Waals surface area contributed by atoms with E-state index in [4.69, 9.17) is 5.73 Å². The maximum absolute atomic E-state index is 6.27. The second-order valence-corrected chi connectivity index (χ2v) is 5.87. The molecule has 1 aromatic heterocycles. The molecule has 4 heteroatoms. The van der Waals surface area contributed by atoms with Gasteiger partial charge in [0.15, 0.2) is 5.82 Å². The second-order valence-electron chi connectivity index (χ2n) is 5.87. The Morgan fingerprint density at radius 3 is 2.61 bits per heavy atom. The maximum atomic E-state index is 6.27. The van der Waals surface area contributed by atoms with Crippen molar-refractivity contribution in [3.63, 3.8) is 0 Å². The molecule has 2 saturated carbocycles. The third-order valence-corrected chi connectivity index (χ3v) is 3.99. The first-order valence-corrected chi connectivity index (χ1v) is 7.30. The first-order valence-electron chi connectivity index (χ1n) is 7.30. The smallest absolute Gasteiger partial charge is 0.150 e. The van der Waals surface area contributed by atoms with Crippen LogP contribution in [0.2, 0.25) is 0 Å². The van der Waals surface area contributed by atoms with Gasteiger partial charge in [0.25, 0.3) is 0 Å². The Bertz CT molecular complexity index is 429. The lowest BCUT2D eigenvalue weighted by Crippen LogP contribution is -2.31. The van der Waals surface area contributed by atoms with Gasteiger partial charge in [-0.1, -0.05) is 6.92 Å². The standard InChI is InChI=1S/C14H24N4/c1-3-8-18-14(13(15)10(2)16-18)17(12-6-7-12)9-11-4-5-11/h11-12H,3-9,15H2,1-2H3. The number of aromatic nitrogens is 2. The molecule has 0 amide bonds. The number of nitrogens with two attached hydrogens (primary N) is 1. The van der Waals surface area contributed by atoms with Gasteiger partial charge in [-0.25, -0.2) is 4.68 Å². The van der Waals surface area contributed by atoms with E-state index in [-0.39, 0.29) is 0 Å². The van der Waals surface area contributed by atoms with Gasteiger partial charge < -0.3 is 10.6 Å². The minimum Gasteiger partial charge on any atom is -0.394 e. The average molecular weight is 248 g/mol. The van der Waals surface area contributed by atoms with Crippen molar-refractivity contribution in [3.8, 4) is 0 Å². The van der Waals surface area contributed by atoms with E-state index in [1.807, 2.05) is 6.92 Å². The third kappa shape index (κ3) is 2.20. The molecule has 0 aliphatic heterocycles. The Balaban J connectivity index is 1.90. The van der Waals surface area contributed by atoms with Gasteiger partial charge in [0.1, 0.15) is 0 Å². The summed E-state index contributed by atoms with van der Waals surface area (Å²) in [7, 11) is 0. The highest BCUT2D eigenvalue weighted by molar-refractivity contribution is 5.67. The fourth-order valence-corrected chi connectivity index (χ4v) is 2.63. The van der Waals surface area contributed by atoms with Gasteiger partial charge in [0.05, 0.1) is 11.4 Å². The third-order valence-electron chi connectivity index (χ3n) is 3.99. The van der Waals surface area contributed by atoms with Crippen LogP contribution in [0.25, 0.3) is 0 Å². The molecule has 2 N–H and O–H groups in total. The summed E-state index contributed by atoms with van der Waals surface area (Å²) >= 11 is 0. The quantitative estimate of drug-likeness (QED) is 0.841. The van der Waals surface area contributed by atoms with Crippen LogP contribution in [0.4, 0.5) is 11.5 Å². The summed E-state index contributed by atoms with van der Waals surface area (Å²) in [6, 6.07) is 0.722. The van der Waals surface area contributed by atoms with Crippen LogP contribution < -0.4 is 10.6 Å². The van der Waals surface area contributed by atoms with Gasteiger partial charge in [-0.15, -0.1) is 0 Å². The van der Waals surface area contributed by atoms with Crippen molar-refractivity contribution in [1.82, 2.24) is 9.78 Å². The van der Waals surface area contributed by atoms with Crippen molar-refractivity contribution in [1.29, 1.82) is 0 Å². The molecule has 0 atom stereocenters. The highest BCUT2D eigenvalue weighted by Crippen LogP contribution is 2.40. The zero-order valence-corrected chi connectivity index (χ0v) is 11.5. The number of rotatable bonds is 6. The van der Waals surface area contributed by atoms with E-state index < -0.39 is 0 Å². The summed E-state index contributed by atoms with van der Waals surface area (Å²) in [6.45, 7) is 6.37. The molecule has 0 saturated heterocycles. The first-order chi connectivity index (χ1) is 8.70. The highest BCUT2D eigenvalue weighted by Gasteiger charge is 2.36. The molecular weight excluding hydrogens is 224 g/mol. The summed E-state index contributed by atoms with van der Waals surface area (Å²) in [4.78, 5) is 2.54. The fraction of sp³-hybridized carbons (Fsp3) is 0.786.